The van der Waals surface area contributed by atoms with Gasteiger partial charge >= 0.3 is 5.97 Å². The first-order valence-corrected chi connectivity index (χ1v) is 8.39. The Morgan fingerprint density at radius 3 is 2.70 bits per heavy atom. The average molecular weight is 365 g/mol. The molecule has 0 radical (unpaired) electrons. The molecule has 0 atom stereocenters. The minimum Gasteiger partial charge on any atom is -0.481 e. The summed E-state index contributed by atoms with van der Waals surface area (Å²) in [5.74, 6) is -0.171. The van der Waals surface area contributed by atoms with Gasteiger partial charge in [0.05, 0.1) is 5.69 Å². The highest BCUT2D eigenvalue weighted by Gasteiger charge is 2.08. The number of aliphatic carboxylic acids is 1. The third-order valence-corrected chi connectivity index (χ3v) is 4.01. The van der Waals surface area contributed by atoms with Gasteiger partial charge in [0.1, 0.15) is 5.52 Å². The molecule has 4 N–H and O–H groups in total. The van der Waals surface area contributed by atoms with Gasteiger partial charge in [-0.3, -0.25) is 9.59 Å². The number of H-pyrrole nitrogens is 2. The second kappa shape index (κ2) is 7.69. The van der Waals surface area contributed by atoms with Crippen molar-refractivity contribution in [2.75, 3.05) is 12.4 Å². The van der Waals surface area contributed by atoms with Gasteiger partial charge in [-0.05, 0) is 24.3 Å². The van der Waals surface area contributed by atoms with Crippen LogP contribution < -0.4 is 10.9 Å². The maximum Gasteiger partial charge on any atom is 0.303 e. The van der Waals surface area contributed by atoms with Gasteiger partial charge in [-0.2, -0.15) is 0 Å². The number of aromatic amines is 2. The van der Waals surface area contributed by atoms with Gasteiger partial charge in [-0.1, -0.05) is 13.0 Å². The van der Waals surface area contributed by atoms with E-state index in [0.717, 1.165) is 27.5 Å². The standard InChI is InChI=1S/C16H13N5O.C3H6O2/c1-17-16-19-7-5-12(21-16)9-2-3-13-11(8-9)10-4-6-18-14(10)15(22)20-13;1-2-3(4)5/h2-8,18H,1H3,(H,20,22)(H,17,19,21);2H2,1H3,(H,4,5). The molecule has 0 amide bonds. The number of fused-ring (bicyclic) bond motifs is 3. The monoisotopic (exact) mass is 365 g/mol. The number of carboxylic acid groups (broad SMARTS) is 1. The molecular formula is C19H19N5O3. The first-order chi connectivity index (χ1) is 13.0. The van der Waals surface area contributed by atoms with Gasteiger partial charge in [0.25, 0.3) is 5.56 Å². The fourth-order valence-corrected chi connectivity index (χ4v) is 2.64. The number of carbonyl (C=O) groups is 1. The Bertz CT molecular complexity index is 1160. The summed E-state index contributed by atoms with van der Waals surface area (Å²) in [6, 6.07) is 9.65. The number of carboxylic acids is 1. The van der Waals surface area contributed by atoms with E-state index in [1.54, 1.807) is 26.4 Å². The number of nitrogens with one attached hydrogen (secondary N) is 3. The molecule has 1 aromatic carbocycles. The molecule has 0 spiro atoms. The number of nitrogens with zero attached hydrogens (tertiary/aromatic N) is 2. The third-order valence-electron chi connectivity index (χ3n) is 4.01. The van der Waals surface area contributed by atoms with Gasteiger partial charge in [0.2, 0.25) is 5.95 Å². The predicted octanol–water partition coefficient (Wildman–Crippen LogP) is 2.99. The molecule has 8 nitrogen and oxygen atoms in total. The van der Waals surface area contributed by atoms with E-state index in [-0.39, 0.29) is 12.0 Å². The van der Waals surface area contributed by atoms with Gasteiger partial charge in [-0.15, -0.1) is 0 Å². The summed E-state index contributed by atoms with van der Waals surface area (Å²) in [6.45, 7) is 1.60. The Hall–Kier alpha value is -3.68. The Morgan fingerprint density at radius 2 is 2.00 bits per heavy atom. The minimum atomic E-state index is -0.745. The van der Waals surface area contributed by atoms with E-state index < -0.39 is 5.97 Å². The van der Waals surface area contributed by atoms with Crippen LogP contribution in [0, 0.1) is 0 Å². The quantitative estimate of drug-likeness (QED) is 0.442. The Balaban J connectivity index is 0.000000376. The van der Waals surface area contributed by atoms with E-state index in [1.807, 2.05) is 30.3 Å². The van der Waals surface area contributed by atoms with Gasteiger partial charge in [0, 0.05) is 47.7 Å². The van der Waals surface area contributed by atoms with E-state index in [2.05, 4.69) is 25.3 Å². The highest BCUT2D eigenvalue weighted by atomic mass is 16.4. The van der Waals surface area contributed by atoms with Crippen molar-refractivity contribution in [1.82, 2.24) is 19.9 Å². The lowest BCUT2D eigenvalue weighted by atomic mass is 10.1. The van der Waals surface area contributed by atoms with E-state index in [1.165, 1.54) is 0 Å². The number of benzene rings is 1. The lowest BCUT2D eigenvalue weighted by molar-refractivity contribution is -0.136. The Kier molecular flexibility index (Phi) is 5.16. The predicted molar refractivity (Wildman–Crippen MR) is 105 cm³/mol. The van der Waals surface area contributed by atoms with Crippen molar-refractivity contribution in [2.24, 2.45) is 0 Å². The molecule has 0 fully saturated rings. The van der Waals surface area contributed by atoms with Crippen LogP contribution in [0.1, 0.15) is 13.3 Å². The third kappa shape index (κ3) is 3.79. The van der Waals surface area contributed by atoms with Crippen molar-refractivity contribution in [1.29, 1.82) is 0 Å². The van der Waals surface area contributed by atoms with Crippen molar-refractivity contribution in [3.8, 4) is 11.3 Å². The van der Waals surface area contributed by atoms with E-state index in [4.69, 9.17) is 5.11 Å². The van der Waals surface area contributed by atoms with Crippen LogP contribution >= 0.6 is 0 Å². The molecule has 27 heavy (non-hydrogen) atoms. The maximum atomic E-state index is 12.0. The topological polar surface area (TPSA) is 124 Å². The van der Waals surface area contributed by atoms with Crippen LogP contribution in [0.3, 0.4) is 0 Å². The Labute approximate surface area is 154 Å². The normalized spacial score (nSPS) is 10.4. The summed E-state index contributed by atoms with van der Waals surface area (Å²) >= 11 is 0. The largest absolute Gasteiger partial charge is 0.481 e. The van der Waals surface area contributed by atoms with Crippen LogP contribution in [0.5, 0.6) is 0 Å². The fourth-order valence-electron chi connectivity index (χ4n) is 2.64. The number of aromatic nitrogens is 4. The highest BCUT2D eigenvalue weighted by molar-refractivity contribution is 6.05. The molecule has 0 saturated carbocycles. The number of hydrogen-bond donors (Lipinski definition) is 4. The summed E-state index contributed by atoms with van der Waals surface area (Å²) in [6.07, 6.45) is 3.72. The second-order valence-corrected chi connectivity index (χ2v) is 5.74. The van der Waals surface area contributed by atoms with Gasteiger partial charge in [-0.25, -0.2) is 9.97 Å². The van der Waals surface area contributed by atoms with Crippen LogP contribution in [0.2, 0.25) is 0 Å². The number of pyridine rings is 1. The van der Waals surface area contributed by atoms with Crippen molar-refractivity contribution >= 4 is 33.7 Å². The fraction of sp³-hybridized carbons (Fsp3) is 0.158. The summed E-state index contributed by atoms with van der Waals surface area (Å²) < 4.78 is 0. The molecule has 4 aromatic rings. The molecular weight excluding hydrogens is 346 g/mol. The molecule has 0 aliphatic rings. The summed E-state index contributed by atoms with van der Waals surface area (Å²) in [5.41, 5.74) is 3.09. The molecule has 0 bridgehead atoms. The van der Waals surface area contributed by atoms with Crippen LogP contribution in [-0.4, -0.2) is 38.1 Å². The summed E-state index contributed by atoms with van der Waals surface area (Å²) in [4.78, 5) is 35.8. The lowest BCUT2D eigenvalue weighted by Crippen LogP contribution is -2.06. The molecule has 0 aliphatic carbocycles. The molecule has 0 saturated heterocycles. The average Bonchev–Trinajstić information content (AvgIpc) is 3.19. The van der Waals surface area contributed by atoms with E-state index >= 15 is 0 Å². The molecule has 138 valence electrons. The van der Waals surface area contributed by atoms with Crippen LogP contribution in [-0.2, 0) is 4.79 Å². The molecule has 3 aromatic heterocycles. The van der Waals surface area contributed by atoms with Crippen molar-refractivity contribution in [3.63, 3.8) is 0 Å². The summed E-state index contributed by atoms with van der Waals surface area (Å²) in [7, 11) is 1.79. The first kappa shape index (κ1) is 18.1. The van der Waals surface area contributed by atoms with Crippen LogP contribution in [0.15, 0.2) is 47.5 Å². The van der Waals surface area contributed by atoms with Crippen molar-refractivity contribution < 1.29 is 9.90 Å². The van der Waals surface area contributed by atoms with Crippen LogP contribution in [0.4, 0.5) is 5.95 Å². The summed E-state index contributed by atoms with van der Waals surface area (Å²) in [5, 5.41) is 12.5. The SMILES string of the molecule is CCC(=O)O.CNc1nccc(-c2ccc3[nH]c(=O)c4[nH]ccc4c3c2)n1. The zero-order chi connectivity index (χ0) is 19.4. The smallest absolute Gasteiger partial charge is 0.303 e. The molecule has 0 aliphatic heterocycles. The van der Waals surface area contributed by atoms with Crippen molar-refractivity contribution in [2.45, 2.75) is 13.3 Å². The van der Waals surface area contributed by atoms with E-state index in [9.17, 15) is 9.59 Å². The number of rotatable bonds is 3. The van der Waals surface area contributed by atoms with Gasteiger partial charge < -0.3 is 20.4 Å². The molecule has 0 unspecified atom stereocenters. The Morgan fingerprint density at radius 1 is 1.22 bits per heavy atom. The molecule has 8 heteroatoms. The van der Waals surface area contributed by atoms with Crippen molar-refractivity contribution in [3.05, 3.63) is 53.1 Å². The highest BCUT2D eigenvalue weighted by Crippen LogP contribution is 2.26. The van der Waals surface area contributed by atoms with Crippen LogP contribution in [0.25, 0.3) is 33.1 Å². The zero-order valence-corrected chi connectivity index (χ0v) is 14.9. The first-order valence-electron chi connectivity index (χ1n) is 8.39. The lowest BCUT2D eigenvalue weighted by Gasteiger charge is -2.06. The molecule has 3 heterocycles. The second-order valence-electron chi connectivity index (χ2n) is 5.74. The molecule has 4 rings (SSSR count). The van der Waals surface area contributed by atoms with Gasteiger partial charge in [0.15, 0.2) is 0 Å². The zero-order valence-electron chi connectivity index (χ0n) is 14.9. The minimum absolute atomic E-state index is 0.111. The maximum absolute atomic E-state index is 12.0. The number of anilines is 1. The van der Waals surface area contributed by atoms with E-state index in [0.29, 0.717) is 11.5 Å². The number of hydrogen-bond acceptors (Lipinski definition) is 5.